The van der Waals surface area contributed by atoms with Crippen molar-refractivity contribution in [3.63, 3.8) is 0 Å². The molecule has 120 valence electrons. The van der Waals surface area contributed by atoms with Crippen LogP contribution in [0.4, 0.5) is 4.79 Å². The number of benzene rings is 1. The summed E-state index contributed by atoms with van der Waals surface area (Å²) >= 11 is 12.0. The Labute approximate surface area is 139 Å². The second-order valence-corrected chi connectivity index (χ2v) is 6.26. The van der Waals surface area contributed by atoms with Gasteiger partial charge >= 0.3 is 6.03 Å². The van der Waals surface area contributed by atoms with Crippen molar-refractivity contribution in [1.29, 1.82) is 0 Å². The second-order valence-electron chi connectivity index (χ2n) is 5.42. The molecule has 1 fully saturated rings. The van der Waals surface area contributed by atoms with Gasteiger partial charge in [0.2, 0.25) is 0 Å². The van der Waals surface area contributed by atoms with Gasteiger partial charge in [0.25, 0.3) is 5.91 Å². The smallest absolute Gasteiger partial charge is 0.325 e. The monoisotopic (exact) mass is 344 g/mol. The predicted molar refractivity (Wildman–Crippen MR) is 85.0 cm³/mol. The fraction of sp³-hybridized carbons (Fsp3) is 0.467. The highest BCUT2D eigenvalue weighted by atomic mass is 35.5. The fourth-order valence-corrected chi connectivity index (χ4v) is 3.13. The van der Waals surface area contributed by atoms with E-state index in [4.69, 9.17) is 28.3 Å². The summed E-state index contributed by atoms with van der Waals surface area (Å²) in [7, 11) is 0. The summed E-state index contributed by atoms with van der Waals surface area (Å²) in [5.41, 5.74) is -0.662. The number of rotatable bonds is 6. The zero-order valence-electron chi connectivity index (χ0n) is 12.2. The molecule has 1 aliphatic heterocycles. The Kier molecular flexibility index (Phi) is 5.32. The molecule has 0 aromatic heterocycles. The maximum atomic E-state index is 12.6. The van der Waals surface area contributed by atoms with E-state index in [-0.39, 0.29) is 12.5 Å². The lowest BCUT2D eigenvalue weighted by molar-refractivity contribution is -0.131. The molecule has 3 amide bonds. The topological polar surface area (TPSA) is 69.6 Å². The molecule has 7 heteroatoms. The summed E-state index contributed by atoms with van der Waals surface area (Å²) in [6.07, 6.45) is 2.07. The Morgan fingerprint density at radius 3 is 2.59 bits per heavy atom. The molecule has 1 unspecified atom stereocenters. The molecule has 0 aliphatic carbocycles. The number of nitrogens with one attached hydrogen (secondary N) is 1. The number of amides is 3. The molecular weight excluding hydrogens is 327 g/mol. The molecule has 1 aromatic carbocycles. The molecule has 1 heterocycles. The van der Waals surface area contributed by atoms with Crippen molar-refractivity contribution in [2.24, 2.45) is 0 Å². The van der Waals surface area contributed by atoms with Gasteiger partial charge in [-0.1, -0.05) is 29.3 Å². The standard InChI is InChI=1S/C15H18Cl2N2O3/c1-15(11-6-5-10(16)9-12(11)17)13(21)19(14(22)18-15)7-3-2-4-8-20/h5-6,9,20H,2-4,7-8H2,1H3,(H,18,22). The molecule has 2 rings (SSSR count). The highest BCUT2D eigenvalue weighted by molar-refractivity contribution is 6.35. The third-order valence-corrected chi connectivity index (χ3v) is 4.33. The average molecular weight is 345 g/mol. The van der Waals surface area contributed by atoms with Crippen molar-refractivity contribution in [2.75, 3.05) is 13.2 Å². The van der Waals surface area contributed by atoms with E-state index in [2.05, 4.69) is 5.32 Å². The normalized spacial score (nSPS) is 21.4. The van der Waals surface area contributed by atoms with Crippen LogP contribution in [0.2, 0.25) is 10.0 Å². The van der Waals surface area contributed by atoms with Crippen molar-refractivity contribution in [3.05, 3.63) is 33.8 Å². The summed E-state index contributed by atoms with van der Waals surface area (Å²) in [5.74, 6) is -0.328. The molecule has 0 spiro atoms. The summed E-state index contributed by atoms with van der Waals surface area (Å²) < 4.78 is 0. The van der Waals surface area contributed by atoms with E-state index >= 15 is 0 Å². The first kappa shape index (κ1) is 17.1. The summed E-state index contributed by atoms with van der Waals surface area (Å²) in [6.45, 7) is 2.07. The van der Waals surface area contributed by atoms with Crippen LogP contribution in [0.3, 0.4) is 0 Å². The SMILES string of the molecule is CC1(c2ccc(Cl)cc2Cl)NC(=O)N(CCCCCO)C1=O. The highest BCUT2D eigenvalue weighted by Gasteiger charge is 2.49. The van der Waals surface area contributed by atoms with E-state index in [0.29, 0.717) is 35.0 Å². The molecule has 1 aliphatic rings. The van der Waals surface area contributed by atoms with Gasteiger partial charge in [0, 0.05) is 28.8 Å². The number of hydrogen-bond donors (Lipinski definition) is 2. The van der Waals surface area contributed by atoms with Crippen LogP contribution in [0, 0.1) is 0 Å². The summed E-state index contributed by atoms with van der Waals surface area (Å²) in [5, 5.41) is 12.3. The number of unbranched alkanes of at least 4 members (excludes halogenated alkanes) is 2. The van der Waals surface area contributed by atoms with E-state index in [9.17, 15) is 9.59 Å². The molecule has 1 saturated heterocycles. The molecule has 0 radical (unpaired) electrons. The van der Waals surface area contributed by atoms with Crippen molar-refractivity contribution < 1.29 is 14.7 Å². The number of imide groups is 1. The average Bonchev–Trinajstić information content (AvgIpc) is 2.66. The Bertz CT molecular complexity index is 594. The number of urea groups is 1. The Balaban J connectivity index is 2.18. The number of nitrogens with zero attached hydrogens (tertiary/aromatic N) is 1. The Morgan fingerprint density at radius 2 is 1.95 bits per heavy atom. The second kappa shape index (κ2) is 6.86. The van der Waals surface area contributed by atoms with Gasteiger partial charge in [-0.3, -0.25) is 9.69 Å². The van der Waals surface area contributed by atoms with Crippen LogP contribution in [0.25, 0.3) is 0 Å². The molecule has 22 heavy (non-hydrogen) atoms. The molecule has 0 bridgehead atoms. The third-order valence-electron chi connectivity index (χ3n) is 3.78. The Hall–Kier alpha value is -1.30. The van der Waals surface area contributed by atoms with Crippen molar-refractivity contribution in [3.8, 4) is 0 Å². The van der Waals surface area contributed by atoms with Gasteiger partial charge in [-0.2, -0.15) is 0 Å². The number of aliphatic hydroxyl groups excluding tert-OH is 1. The lowest BCUT2D eigenvalue weighted by atomic mass is 9.92. The van der Waals surface area contributed by atoms with E-state index in [1.165, 1.54) is 4.90 Å². The van der Waals surface area contributed by atoms with Gasteiger partial charge in [0.05, 0.1) is 0 Å². The minimum atomic E-state index is -1.18. The van der Waals surface area contributed by atoms with Crippen LogP contribution in [0.5, 0.6) is 0 Å². The van der Waals surface area contributed by atoms with Gasteiger partial charge in [-0.05, 0) is 38.3 Å². The minimum Gasteiger partial charge on any atom is -0.396 e. The fourth-order valence-electron chi connectivity index (χ4n) is 2.54. The van der Waals surface area contributed by atoms with E-state index < -0.39 is 11.6 Å². The first-order valence-corrected chi connectivity index (χ1v) is 7.86. The van der Waals surface area contributed by atoms with Gasteiger partial charge < -0.3 is 10.4 Å². The first-order chi connectivity index (χ1) is 10.4. The van der Waals surface area contributed by atoms with Crippen molar-refractivity contribution in [2.45, 2.75) is 31.7 Å². The molecule has 2 N–H and O–H groups in total. The molecule has 5 nitrogen and oxygen atoms in total. The van der Waals surface area contributed by atoms with Crippen LogP contribution >= 0.6 is 23.2 Å². The first-order valence-electron chi connectivity index (χ1n) is 7.10. The zero-order valence-corrected chi connectivity index (χ0v) is 13.7. The van der Waals surface area contributed by atoms with Crippen molar-refractivity contribution in [1.82, 2.24) is 10.2 Å². The van der Waals surface area contributed by atoms with Gasteiger partial charge in [0.1, 0.15) is 5.54 Å². The number of aliphatic hydroxyl groups is 1. The molecule has 0 saturated carbocycles. The van der Waals surface area contributed by atoms with Gasteiger partial charge in [-0.15, -0.1) is 0 Å². The quantitative estimate of drug-likeness (QED) is 0.615. The number of hydrogen-bond acceptors (Lipinski definition) is 3. The maximum absolute atomic E-state index is 12.6. The molecule has 1 atom stereocenters. The lowest BCUT2D eigenvalue weighted by Gasteiger charge is -2.23. The van der Waals surface area contributed by atoms with E-state index in [1.807, 2.05) is 0 Å². The summed E-state index contributed by atoms with van der Waals surface area (Å²) in [4.78, 5) is 25.9. The third kappa shape index (κ3) is 3.21. The zero-order chi connectivity index (χ0) is 16.3. The minimum absolute atomic E-state index is 0.109. The van der Waals surface area contributed by atoms with E-state index in [1.54, 1.807) is 25.1 Å². The molecular formula is C15H18Cl2N2O3. The van der Waals surface area contributed by atoms with Crippen LogP contribution in [0.15, 0.2) is 18.2 Å². The maximum Gasteiger partial charge on any atom is 0.325 e. The predicted octanol–water partition coefficient (Wildman–Crippen LogP) is 2.92. The lowest BCUT2D eigenvalue weighted by Crippen LogP contribution is -2.41. The number of carbonyl (C=O) groups is 2. The van der Waals surface area contributed by atoms with Crippen LogP contribution in [0.1, 0.15) is 31.7 Å². The van der Waals surface area contributed by atoms with Crippen molar-refractivity contribution >= 4 is 35.1 Å². The van der Waals surface area contributed by atoms with E-state index in [0.717, 1.165) is 6.42 Å². The van der Waals surface area contributed by atoms with Gasteiger partial charge in [-0.25, -0.2) is 4.79 Å². The Morgan fingerprint density at radius 1 is 1.23 bits per heavy atom. The largest absolute Gasteiger partial charge is 0.396 e. The highest BCUT2D eigenvalue weighted by Crippen LogP contribution is 2.35. The number of carbonyl (C=O) groups excluding carboxylic acids is 2. The molecule has 1 aromatic rings. The number of halogens is 2. The van der Waals surface area contributed by atoms with Crippen LogP contribution in [-0.2, 0) is 10.3 Å². The van der Waals surface area contributed by atoms with Crippen LogP contribution in [-0.4, -0.2) is 35.1 Å². The van der Waals surface area contributed by atoms with Crippen LogP contribution < -0.4 is 5.32 Å². The van der Waals surface area contributed by atoms with Gasteiger partial charge in [0.15, 0.2) is 0 Å². The summed E-state index contributed by atoms with van der Waals surface area (Å²) in [6, 6.07) is 4.41.